The van der Waals surface area contributed by atoms with Gasteiger partial charge < -0.3 is 20.9 Å². The van der Waals surface area contributed by atoms with Crippen LogP contribution in [0.1, 0.15) is 24.2 Å². The van der Waals surface area contributed by atoms with Gasteiger partial charge in [-0.2, -0.15) is 9.97 Å². The van der Waals surface area contributed by atoms with Gasteiger partial charge in [0, 0.05) is 24.8 Å². The Morgan fingerprint density at radius 1 is 1.21 bits per heavy atom. The lowest BCUT2D eigenvalue weighted by Crippen LogP contribution is -2.07. The Kier molecular flexibility index (Phi) is 5.59. The summed E-state index contributed by atoms with van der Waals surface area (Å²) in [5, 5.41) is 12.5. The largest absolute Gasteiger partial charge is 0.479 e. The van der Waals surface area contributed by atoms with E-state index < -0.39 is 5.82 Å². The fraction of sp³-hybridized carbons (Fsp3) is 0.278. The number of aryl methyl sites for hydroxylation is 1. The van der Waals surface area contributed by atoms with E-state index in [1.807, 2.05) is 6.92 Å². The lowest BCUT2D eigenvalue weighted by atomic mass is 10.0. The van der Waals surface area contributed by atoms with Crippen molar-refractivity contribution < 1.29 is 14.2 Å². The SMILES string of the molecule is COc1ncc(Nc2ncc([C@@H](C)CO)cc2-c2nc(C)nc(N)n2)cc1F. The van der Waals surface area contributed by atoms with Crippen molar-refractivity contribution in [1.82, 2.24) is 24.9 Å². The van der Waals surface area contributed by atoms with Gasteiger partial charge in [-0.25, -0.2) is 19.3 Å². The summed E-state index contributed by atoms with van der Waals surface area (Å²) in [6.45, 7) is 3.52. The quantitative estimate of drug-likeness (QED) is 0.584. The number of anilines is 3. The Hall–Kier alpha value is -3.40. The van der Waals surface area contributed by atoms with E-state index >= 15 is 0 Å². The number of methoxy groups -OCH3 is 1. The molecule has 3 aromatic rings. The molecule has 3 aromatic heterocycles. The molecule has 10 heteroatoms. The molecule has 0 spiro atoms. The van der Waals surface area contributed by atoms with Crippen LogP contribution >= 0.6 is 0 Å². The molecule has 0 aliphatic carbocycles. The van der Waals surface area contributed by atoms with Crippen LogP contribution in [-0.4, -0.2) is 43.7 Å². The molecule has 146 valence electrons. The van der Waals surface area contributed by atoms with Crippen molar-refractivity contribution >= 4 is 17.5 Å². The van der Waals surface area contributed by atoms with Crippen LogP contribution in [-0.2, 0) is 0 Å². The molecule has 0 aromatic carbocycles. The number of nitrogens with zero attached hydrogens (tertiary/aromatic N) is 5. The van der Waals surface area contributed by atoms with E-state index in [-0.39, 0.29) is 24.4 Å². The summed E-state index contributed by atoms with van der Waals surface area (Å²) in [5.41, 5.74) is 7.45. The van der Waals surface area contributed by atoms with E-state index in [9.17, 15) is 9.50 Å². The fourth-order valence-electron chi connectivity index (χ4n) is 2.53. The number of nitrogen functional groups attached to an aromatic ring is 1. The van der Waals surface area contributed by atoms with E-state index in [0.717, 1.165) is 5.56 Å². The lowest BCUT2D eigenvalue weighted by Gasteiger charge is -2.15. The van der Waals surface area contributed by atoms with Crippen LogP contribution in [0.2, 0.25) is 0 Å². The summed E-state index contributed by atoms with van der Waals surface area (Å²) in [4.78, 5) is 20.8. The smallest absolute Gasteiger partial charge is 0.250 e. The summed E-state index contributed by atoms with van der Waals surface area (Å²) < 4.78 is 18.8. The van der Waals surface area contributed by atoms with Crippen LogP contribution in [0, 0.1) is 12.7 Å². The van der Waals surface area contributed by atoms with Crippen molar-refractivity contribution in [3.63, 3.8) is 0 Å². The molecule has 0 saturated carbocycles. The number of halogens is 1. The van der Waals surface area contributed by atoms with Gasteiger partial charge in [0.05, 0.1) is 24.6 Å². The molecule has 0 aliphatic heterocycles. The second kappa shape index (κ2) is 8.09. The van der Waals surface area contributed by atoms with E-state index in [2.05, 4.69) is 30.2 Å². The second-order valence-corrected chi connectivity index (χ2v) is 6.15. The lowest BCUT2D eigenvalue weighted by molar-refractivity contribution is 0.273. The van der Waals surface area contributed by atoms with Crippen LogP contribution in [0.15, 0.2) is 24.5 Å². The average molecular weight is 385 g/mol. The summed E-state index contributed by atoms with van der Waals surface area (Å²) in [6.07, 6.45) is 3.04. The van der Waals surface area contributed by atoms with Crippen LogP contribution in [0.25, 0.3) is 11.4 Å². The van der Waals surface area contributed by atoms with Gasteiger partial charge in [-0.1, -0.05) is 6.92 Å². The first-order valence-electron chi connectivity index (χ1n) is 8.47. The zero-order chi connectivity index (χ0) is 20.3. The third-order valence-electron chi connectivity index (χ3n) is 4.02. The fourth-order valence-corrected chi connectivity index (χ4v) is 2.53. The number of nitrogens with two attached hydrogens (primary N) is 1. The van der Waals surface area contributed by atoms with Crippen molar-refractivity contribution in [2.75, 3.05) is 24.8 Å². The maximum Gasteiger partial charge on any atom is 0.250 e. The van der Waals surface area contributed by atoms with E-state index in [1.54, 1.807) is 19.2 Å². The minimum atomic E-state index is -0.611. The van der Waals surface area contributed by atoms with Gasteiger partial charge in [0.15, 0.2) is 11.6 Å². The minimum Gasteiger partial charge on any atom is -0.479 e. The van der Waals surface area contributed by atoms with Gasteiger partial charge in [0.25, 0.3) is 0 Å². The minimum absolute atomic E-state index is 0.0418. The molecule has 4 N–H and O–H groups in total. The molecule has 0 unspecified atom stereocenters. The number of pyridine rings is 2. The molecule has 0 bridgehead atoms. The Bertz CT molecular complexity index is 979. The Balaban J connectivity index is 2.08. The molecule has 0 fully saturated rings. The molecular formula is C18H20FN7O2. The third-order valence-corrected chi connectivity index (χ3v) is 4.02. The topological polar surface area (TPSA) is 132 Å². The molecular weight excluding hydrogens is 365 g/mol. The zero-order valence-electron chi connectivity index (χ0n) is 15.6. The van der Waals surface area contributed by atoms with Gasteiger partial charge in [-0.15, -0.1) is 0 Å². The molecule has 0 amide bonds. The van der Waals surface area contributed by atoms with Crippen molar-refractivity contribution in [2.45, 2.75) is 19.8 Å². The molecule has 28 heavy (non-hydrogen) atoms. The van der Waals surface area contributed by atoms with Crippen molar-refractivity contribution in [1.29, 1.82) is 0 Å². The van der Waals surface area contributed by atoms with Gasteiger partial charge in [0.1, 0.15) is 11.6 Å². The average Bonchev–Trinajstić information content (AvgIpc) is 2.67. The normalized spacial score (nSPS) is 11.9. The van der Waals surface area contributed by atoms with Crippen molar-refractivity contribution in [3.05, 3.63) is 41.7 Å². The Morgan fingerprint density at radius 3 is 2.64 bits per heavy atom. The first kappa shape index (κ1) is 19.4. The van der Waals surface area contributed by atoms with Crippen LogP contribution in [0.5, 0.6) is 5.88 Å². The van der Waals surface area contributed by atoms with Crippen LogP contribution < -0.4 is 15.8 Å². The number of hydrogen-bond acceptors (Lipinski definition) is 9. The molecule has 3 rings (SSSR count). The zero-order valence-corrected chi connectivity index (χ0v) is 15.6. The number of nitrogens with one attached hydrogen (secondary N) is 1. The summed E-state index contributed by atoms with van der Waals surface area (Å²) in [6, 6.07) is 3.05. The first-order chi connectivity index (χ1) is 13.4. The highest BCUT2D eigenvalue weighted by Crippen LogP contribution is 2.30. The van der Waals surface area contributed by atoms with Crippen LogP contribution in [0.3, 0.4) is 0 Å². The number of rotatable bonds is 6. The number of aromatic nitrogens is 5. The standard InChI is InChI=1S/C18H20FN7O2/c1-9(8-27)11-4-13(16-23-10(2)24-18(20)26-16)15(21-6-11)25-12-5-14(19)17(28-3)22-7-12/h4-7,9,27H,8H2,1-3H3,(H,21,25)(H2,20,23,24,26)/t9-/m0/s1. The molecule has 0 aliphatic rings. The highest BCUT2D eigenvalue weighted by atomic mass is 19.1. The predicted octanol–water partition coefficient (Wildman–Crippen LogP) is 2.21. The van der Waals surface area contributed by atoms with Gasteiger partial charge in [0.2, 0.25) is 11.8 Å². The van der Waals surface area contributed by atoms with Gasteiger partial charge in [-0.3, -0.25) is 0 Å². The number of aliphatic hydroxyl groups is 1. The maximum absolute atomic E-state index is 14.0. The Labute approximate surface area is 160 Å². The summed E-state index contributed by atoms with van der Waals surface area (Å²) >= 11 is 0. The summed E-state index contributed by atoms with van der Waals surface area (Å²) in [7, 11) is 1.34. The molecule has 1 atom stereocenters. The van der Waals surface area contributed by atoms with E-state index in [4.69, 9.17) is 10.5 Å². The first-order valence-corrected chi connectivity index (χ1v) is 8.47. The van der Waals surface area contributed by atoms with Crippen molar-refractivity contribution in [2.24, 2.45) is 0 Å². The molecule has 9 nitrogen and oxygen atoms in total. The monoisotopic (exact) mass is 385 g/mol. The second-order valence-electron chi connectivity index (χ2n) is 6.15. The Morgan fingerprint density at radius 2 is 2.00 bits per heavy atom. The van der Waals surface area contributed by atoms with Crippen LogP contribution in [0.4, 0.5) is 21.8 Å². The third kappa shape index (κ3) is 4.12. The highest BCUT2D eigenvalue weighted by Gasteiger charge is 2.16. The van der Waals surface area contributed by atoms with E-state index in [0.29, 0.717) is 28.7 Å². The predicted molar refractivity (Wildman–Crippen MR) is 102 cm³/mol. The highest BCUT2D eigenvalue weighted by molar-refractivity contribution is 5.75. The van der Waals surface area contributed by atoms with Gasteiger partial charge >= 0.3 is 0 Å². The molecule has 3 heterocycles. The number of ether oxygens (including phenoxy) is 1. The number of hydrogen-bond donors (Lipinski definition) is 3. The summed E-state index contributed by atoms with van der Waals surface area (Å²) in [5.74, 6) is 0.365. The van der Waals surface area contributed by atoms with Gasteiger partial charge in [-0.05, 0) is 18.6 Å². The maximum atomic E-state index is 14.0. The molecule has 0 radical (unpaired) electrons. The molecule has 0 saturated heterocycles. The van der Waals surface area contributed by atoms with Crippen molar-refractivity contribution in [3.8, 4) is 17.3 Å². The number of aliphatic hydroxyl groups excluding tert-OH is 1. The van der Waals surface area contributed by atoms with E-state index in [1.165, 1.54) is 19.4 Å².